The minimum atomic E-state index is 0.376. The molecule has 0 saturated heterocycles. The molecule has 0 heterocycles. The SMILES string of the molecule is CCCC1=Cc2ccccc2C1c1cccc2ccc3ccccc3c12. The Morgan fingerprint density at radius 2 is 1.42 bits per heavy atom. The Balaban J connectivity index is 1.84. The van der Waals surface area contributed by atoms with E-state index in [-0.39, 0.29) is 0 Å². The average Bonchev–Trinajstić information content (AvgIpc) is 3.05. The lowest BCUT2D eigenvalue weighted by molar-refractivity contribution is 0.833. The molecule has 0 amide bonds. The molecular formula is C26H22. The highest BCUT2D eigenvalue weighted by Crippen LogP contribution is 2.46. The van der Waals surface area contributed by atoms with E-state index in [0.29, 0.717) is 5.92 Å². The maximum atomic E-state index is 2.42. The maximum Gasteiger partial charge on any atom is 0.0314 e. The Hall–Kier alpha value is -2.86. The quantitative estimate of drug-likeness (QED) is 0.344. The van der Waals surface area contributed by atoms with Crippen LogP contribution in [0.2, 0.25) is 0 Å². The standard InChI is InChI=1S/C26H22/c1-2-8-21-17-20-10-4-6-13-23(20)26(21)24-14-7-11-19-16-15-18-9-3-5-12-22(18)25(19)24/h3-7,9-17,26H,2,8H2,1H3. The normalized spacial score (nSPS) is 16.0. The Bertz CT molecular complexity index is 1150. The van der Waals surface area contributed by atoms with Gasteiger partial charge in [0, 0.05) is 5.92 Å². The van der Waals surface area contributed by atoms with Gasteiger partial charge in [-0.05, 0) is 44.7 Å². The van der Waals surface area contributed by atoms with Crippen LogP contribution in [-0.2, 0) is 0 Å². The van der Waals surface area contributed by atoms with Crippen molar-refractivity contribution in [2.75, 3.05) is 0 Å². The molecule has 0 aromatic heterocycles. The van der Waals surface area contributed by atoms with E-state index in [1.54, 1.807) is 5.57 Å². The Kier molecular flexibility index (Phi) is 3.64. The van der Waals surface area contributed by atoms with Gasteiger partial charge in [0.05, 0.1) is 0 Å². The van der Waals surface area contributed by atoms with Crippen LogP contribution in [0.1, 0.15) is 42.4 Å². The Morgan fingerprint density at radius 1 is 0.692 bits per heavy atom. The van der Waals surface area contributed by atoms with E-state index >= 15 is 0 Å². The predicted octanol–water partition coefficient (Wildman–Crippen LogP) is 7.32. The lowest BCUT2D eigenvalue weighted by atomic mass is 9.83. The molecule has 1 aliphatic carbocycles. The molecule has 26 heavy (non-hydrogen) atoms. The molecule has 4 aromatic rings. The fraction of sp³-hybridized carbons (Fsp3) is 0.154. The summed E-state index contributed by atoms with van der Waals surface area (Å²) in [7, 11) is 0. The van der Waals surface area contributed by atoms with Crippen molar-refractivity contribution in [2.24, 2.45) is 0 Å². The largest absolute Gasteiger partial charge is 0.0651 e. The van der Waals surface area contributed by atoms with Gasteiger partial charge in [0.15, 0.2) is 0 Å². The summed E-state index contributed by atoms with van der Waals surface area (Å²) >= 11 is 0. The molecule has 0 aliphatic heterocycles. The number of rotatable bonds is 3. The Morgan fingerprint density at radius 3 is 2.35 bits per heavy atom. The highest BCUT2D eigenvalue weighted by atomic mass is 14.3. The zero-order valence-corrected chi connectivity index (χ0v) is 15.1. The molecule has 1 atom stereocenters. The predicted molar refractivity (Wildman–Crippen MR) is 113 cm³/mol. The fourth-order valence-electron chi connectivity index (χ4n) is 4.59. The first-order valence-electron chi connectivity index (χ1n) is 9.56. The van der Waals surface area contributed by atoms with Crippen LogP contribution in [0.15, 0.2) is 84.4 Å². The van der Waals surface area contributed by atoms with E-state index in [4.69, 9.17) is 0 Å². The van der Waals surface area contributed by atoms with Crippen LogP contribution >= 0.6 is 0 Å². The molecule has 0 heteroatoms. The summed E-state index contributed by atoms with van der Waals surface area (Å²) in [5.74, 6) is 0.376. The van der Waals surface area contributed by atoms with Crippen molar-refractivity contribution in [3.05, 3.63) is 101 Å². The van der Waals surface area contributed by atoms with Crippen molar-refractivity contribution < 1.29 is 0 Å². The van der Waals surface area contributed by atoms with Crippen molar-refractivity contribution in [3.63, 3.8) is 0 Å². The van der Waals surface area contributed by atoms with Crippen molar-refractivity contribution in [3.8, 4) is 0 Å². The summed E-state index contributed by atoms with van der Waals surface area (Å²) in [4.78, 5) is 0. The van der Waals surface area contributed by atoms with E-state index in [1.165, 1.54) is 44.7 Å². The van der Waals surface area contributed by atoms with E-state index < -0.39 is 0 Å². The third kappa shape index (κ3) is 2.29. The molecule has 0 nitrogen and oxygen atoms in total. The van der Waals surface area contributed by atoms with Gasteiger partial charge in [0.1, 0.15) is 0 Å². The molecule has 126 valence electrons. The third-order valence-electron chi connectivity index (χ3n) is 5.67. The van der Waals surface area contributed by atoms with Crippen molar-refractivity contribution in [1.82, 2.24) is 0 Å². The summed E-state index contributed by atoms with van der Waals surface area (Å²) in [5, 5.41) is 5.43. The molecule has 0 spiro atoms. The lowest BCUT2D eigenvalue weighted by Gasteiger charge is -2.20. The summed E-state index contributed by atoms with van der Waals surface area (Å²) < 4.78 is 0. The van der Waals surface area contributed by atoms with Crippen molar-refractivity contribution in [1.29, 1.82) is 0 Å². The smallest absolute Gasteiger partial charge is 0.0314 e. The zero-order chi connectivity index (χ0) is 17.5. The second-order valence-corrected chi connectivity index (χ2v) is 7.26. The van der Waals surface area contributed by atoms with Crippen LogP contribution in [0.25, 0.3) is 27.6 Å². The molecular weight excluding hydrogens is 312 g/mol. The van der Waals surface area contributed by atoms with Gasteiger partial charge >= 0.3 is 0 Å². The van der Waals surface area contributed by atoms with Gasteiger partial charge in [-0.2, -0.15) is 0 Å². The van der Waals surface area contributed by atoms with Gasteiger partial charge in [0.2, 0.25) is 0 Å². The van der Waals surface area contributed by atoms with Crippen LogP contribution in [0.3, 0.4) is 0 Å². The monoisotopic (exact) mass is 334 g/mol. The van der Waals surface area contributed by atoms with Crippen LogP contribution < -0.4 is 0 Å². The van der Waals surface area contributed by atoms with Gasteiger partial charge in [0.25, 0.3) is 0 Å². The molecule has 0 N–H and O–H groups in total. The molecule has 1 unspecified atom stereocenters. The van der Waals surface area contributed by atoms with Gasteiger partial charge < -0.3 is 0 Å². The van der Waals surface area contributed by atoms with E-state index in [9.17, 15) is 0 Å². The van der Waals surface area contributed by atoms with Gasteiger partial charge in [-0.1, -0.05) is 104 Å². The number of hydrogen-bond donors (Lipinski definition) is 0. The van der Waals surface area contributed by atoms with E-state index in [0.717, 1.165) is 6.42 Å². The molecule has 0 saturated carbocycles. The zero-order valence-electron chi connectivity index (χ0n) is 15.1. The minimum Gasteiger partial charge on any atom is -0.0651 e. The minimum absolute atomic E-state index is 0.376. The Labute approximate surface area is 154 Å². The first-order chi connectivity index (χ1) is 12.9. The summed E-state index contributed by atoms with van der Waals surface area (Å²) in [6.07, 6.45) is 4.76. The lowest BCUT2D eigenvalue weighted by Crippen LogP contribution is -2.03. The fourth-order valence-corrected chi connectivity index (χ4v) is 4.59. The second-order valence-electron chi connectivity index (χ2n) is 7.26. The molecule has 0 fully saturated rings. The van der Waals surface area contributed by atoms with Crippen LogP contribution in [0.5, 0.6) is 0 Å². The van der Waals surface area contributed by atoms with Crippen molar-refractivity contribution >= 4 is 27.6 Å². The second kappa shape index (κ2) is 6.14. The summed E-state index contributed by atoms with van der Waals surface area (Å²) in [6.45, 7) is 2.28. The van der Waals surface area contributed by atoms with Crippen LogP contribution in [0.4, 0.5) is 0 Å². The molecule has 0 bridgehead atoms. The van der Waals surface area contributed by atoms with E-state index in [2.05, 4.69) is 91.9 Å². The molecule has 5 rings (SSSR count). The summed E-state index contributed by atoms with van der Waals surface area (Å²) in [5.41, 5.74) is 5.84. The highest BCUT2D eigenvalue weighted by molar-refractivity contribution is 6.09. The van der Waals surface area contributed by atoms with E-state index in [1.807, 2.05) is 0 Å². The van der Waals surface area contributed by atoms with Gasteiger partial charge in [-0.3, -0.25) is 0 Å². The number of benzene rings is 4. The first-order valence-corrected chi connectivity index (χ1v) is 9.56. The third-order valence-corrected chi connectivity index (χ3v) is 5.67. The number of hydrogen-bond acceptors (Lipinski definition) is 0. The van der Waals surface area contributed by atoms with Crippen LogP contribution in [0, 0.1) is 0 Å². The maximum absolute atomic E-state index is 2.42. The topological polar surface area (TPSA) is 0 Å². The highest BCUT2D eigenvalue weighted by Gasteiger charge is 2.27. The molecule has 4 aromatic carbocycles. The summed E-state index contributed by atoms with van der Waals surface area (Å²) in [6, 6.07) is 29.0. The number of allylic oxidation sites excluding steroid dienone is 1. The number of fused-ring (bicyclic) bond motifs is 4. The van der Waals surface area contributed by atoms with Crippen LogP contribution in [-0.4, -0.2) is 0 Å². The molecule has 1 aliphatic rings. The van der Waals surface area contributed by atoms with Gasteiger partial charge in [-0.15, -0.1) is 0 Å². The molecule has 0 radical (unpaired) electrons. The first kappa shape index (κ1) is 15.4. The van der Waals surface area contributed by atoms with Gasteiger partial charge in [-0.25, -0.2) is 0 Å². The average molecular weight is 334 g/mol. The van der Waals surface area contributed by atoms with Crippen molar-refractivity contribution in [2.45, 2.75) is 25.7 Å².